The molecule has 3 aromatic heterocycles. The second-order valence-corrected chi connectivity index (χ2v) is 9.61. The first-order valence-electron chi connectivity index (χ1n) is 9.48. The van der Waals surface area contributed by atoms with Gasteiger partial charge in [-0.15, -0.1) is 0 Å². The first-order chi connectivity index (χ1) is 13.8. The van der Waals surface area contributed by atoms with E-state index in [4.69, 9.17) is 0 Å². The number of carbonyl (C=O) groups excluding carboxylic acids is 1. The van der Waals surface area contributed by atoms with Crippen LogP contribution in [0, 0.1) is 0 Å². The van der Waals surface area contributed by atoms with Gasteiger partial charge in [0.15, 0.2) is 9.84 Å². The molecule has 4 rings (SSSR count). The maximum Gasteiger partial charge on any atom is 0.257 e. The summed E-state index contributed by atoms with van der Waals surface area (Å²) in [6.07, 6.45) is 8.51. The lowest BCUT2D eigenvalue weighted by atomic mass is 9.93. The number of hydrogen-bond acceptors (Lipinski definition) is 7. The molecule has 10 nitrogen and oxygen atoms in total. The zero-order chi connectivity index (χ0) is 20.8. The molecule has 1 aliphatic rings. The Balaban J connectivity index is 1.57. The number of fused-ring (bicyclic) bond motifs is 1. The van der Waals surface area contributed by atoms with Crippen LogP contribution >= 0.6 is 0 Å². The van der Waals surface area contributed by atoms with Gasteiger partial charge in [0.05, 0.1) is 23.7 Å². The number of nitrogens with zero attached hydrogens (tertiary/aromatic N) is 7. The first kappa shape index (κ1) is 19.5. The quantitative estimate of drug-likeness (QED) is 0.629. The molecule has 29 heavy (non-hydrogen) atoms. The zero-order valence-electron chi connectivity index (χ0n) is 16.6. The number of likely N-dealkylation sites (tertiary alicyclic amines) is 1. The highest BCUT2D eigenvalue weighted by Gasteiger charge is 2.31. The molecule has 11 heteroatoms. The SMILES string of the molecule is CC(C)n1cc(C(=O)N2CCC(c3c(S(C)(=O)=O)cnc4ncnn34)CC2)cn1. The minimum atomic E-state index is -3.47. The number of piperidine rings is 1. The van der Waals surface area contributed by atoms with Crippen LogP contribution in [-0.2, 0) is 9.84 Å². The predicted octanol–water partition coefficient (Wildman–Crippen LogP) is 1.32. The Hall–Kier alpha value is -2.82. The maximum atomic E-state index is 12.8. The van der Waals surface area contributed by atoms with Gasteiger partial charge in [0.1, 0.15) is 11.2 Å². The smallest absolute Gasteiger partial charge is 0.257 e. The fourth-order valence-electron chi connectivity index (χ4n) is 3.71. The Kier molecular flexibility index (Phi) is 4.85. The highest BCUT2D eigenvalue weighted by atomic mass is 32.2. The van der Waals surface area contributed by atoms with Crippen molar-refractivity contribution in [1.29, 1.82) is 0 Å². The van der Waals surface area contributed by atoms with E-state index < -0.39 is 9.84 Å². The van der Waals surface area contributed by atoms with Gasteiger partial charge < -0.3 is 4.90 Å². The number of rotatable bonds is 4. The summed E-state index contributed by atoms with van der Waals surface area (Å²) >= 11 is 0. The lowest BCUT2D eigenvalue weighted by molar-refractivity contribution is 0.0710. The summed E-state index contributed by atoms with van der Waals surface area (Å²) in [7, 11) is -3.47. The lowest BCUT2D eigenvalue weighted by Crippen LogP contribution is -2.38. The third-order valence-corrected chi connectivity index (χ3v) is 6.37. The molecule has 154 valence electrons. The van der Waals surface area contributed by atoms with Gasteiger partial charge in [-0.2, -0.15) is 19.7 Å². The largest absolute Gasteiger partial charge is 0.339 e. The van der Waals surface area contributed by atoms with Crippen LogP contribution in [0.5, 0.6) is 0 Å². The topological polar surface area (TPSA) is 115 Å². The minimum absolute atomic E-state index is 0.0562. The van der Waals surface area contributed by atoms with Crippen LogP contribution in [0.3, 0.4) is 0 Å². The molecular formula is C18H23N7O3S. The van der Waals surface area contributed by atoms with E-state index in [9.17, 15) is 13.2 Å². The first-order valence-corrected chi connectivity index (χ1v) is 11.4. The summed E-state index contributed by atoms with van der Waals surface area (Å²) < 4.78 is 27.9. The Morgan fingerprint density at radius 3 is 2.48 bits per heavy atom. The molecule has 0 atom stereocenters. The van der Waals surface area contributed by atoms with Crippen LogP contribution < -0.4 is 0 Å². The number of carbonyl (C=O) groups is 1. The van der Waals surface area contributed by atoms with Gasteiger partial charge in [-0.05, 0) is 26.7 Å². The molecular weight excluding hydrogens is 394 g/mol. The van der Waals surface area contributed by atoms with Crippen molar-refractivity contribution in [3.05, 3.63) is 36.2 Å². The van der Waals surface area contributed by atoms with E-state index in [1.165, 1.54) is 23.3 Å². The van der Waals surface area contributed by atoms with Crippen molar-refractivity contribution in [2.45, 2.75) is 43.5 Å². The summed E-state index contributed by atoms with van der Waals surface area (Å²) in [5.74, 6) is 0.251. The van der Waals surface area contributed by atoms with E-state index in [0.29, 0.717) is 43.0 Å². The average molecular weight is 417 g/mol. The average Bonchev–Trinajstić information content (AvgIpc) is 3.35. The lowest BCUT2D eigenvalue weighted by Gasteiger charge is -2.32. The number of hydrogen-bond donors (Lipinski definition) is 0. The molecule has 4 heterocycles. The van der Waals surface area contributed by atoms with Gasteiger partial charge in [-0.3, -0.25) is 9.48 Å². The molecule has 0 saturated carbocycles. The van der Waals surface area contributed by atoms with Crippen molar-refractivity contribution in [1.82, 2.24) is 34.3 Å². The molecule has 0 N–H and O–H groups in total. The predicted molar refractivity (Wildman–Crippen MR) is 104 cm³/mol. The molecule has 0 radical (unpaired) electrons. The van der Waals surface area contributed by atoms with E-state index in [-0.39, 0.29) is 22.8 Å². The van der Waals surface area contributed by atoms with Gasteiger partial charge in [-0.25, -0.2) is 13.4 Å². The third kappa shape index (κ3) is 3.61. The molecule has 0 unspecified atom stereocenters. The molecule has 3 aromatic rings. The molecule has 1 fully saturated rings. The monoisotopic (exact) mass is 417 g/mol. The van der Waals surface area contributed by atoms with Crippen LogP contribution in [0.15, 0.2) is 29.8 Å². The summed E-state index contributed by atoms with van der Waals surface area (Å²) in [5.41, 5.74) is 1.16. The fourth-order valence-corrected chi connectivity index (χ4v) is 4.59. The highest BCUT2D eigenvalue weighted by molar-refractivity contribution is 7.90. The highest BCUT2D eigenvalue weighted by Crippen LogP contribution is 2.32. The summed E-state index contributed by atoms with van der Waals surface area (Å²) in [4.78, 5) is 22.9. The minimum Gasteiger partial charge on any atom is -0.339 e. The van der Waals surface area contributed by atoms with Gasteiger partial charge >= 0.3 is 0 Å². The van der Waals surface area contributed by atoms with E-state index in [1.807, 2.05) is 13.8 Å². The van der Waals surface area contributed by atoms with E-state index in [2.05, 4.69) is 20.2 Å². The Bertz CT molecular complexity index is 1160. The second kappa shape index (κ2) is 7.21. The zero-order valence-corrected chi connectivity index (χ0v) is 17.4. The van der Waals surface area contributed by atoms with Crippen molar-refractivity contribution < 1.29 is 13.2 Å². The number of aromatic nitrogens is 6. The van der Waals surface area contributed by atoms with Crippen molar-refractivity contribution in [2.24, 2.45) is 0 Å². The standard InChI is InChI=1S/C18H23N7O3S/c1-12(2)24-10-14(8-21-24)17(26)23-6-4-13(5-7-23)16-15(29(3,27)28)9-19-18-20-11-22-25(16)18/h8-13H,4-7H2,1-3H3. The van der Waals surface area contributed by atoms with Crippen LogP contribution in [0.4, 0.5) is 0 Å². The Labute approximate surface area is 168 Å². The van der Waals surface area contributed by atoms with Crippen molar-refractivity contribution in [3.8, 4) is 0 Å². The van der Waals surface area contributed by atoms with Crippen LogP contribution in [0.2, 0.25) is 0 Å². The third-order valence-electron chi connectivity index (χ3n) is 5.25. The van der Waals surface area contributed by atoms with Gasteiger partial charge in [-0.1, -0.05) is 0 Å². The molecule has 0 spiro atoms. The van der Waals surface area contributed by atoms with Crippen molar-refractivity contribution >= 4 is 21.5 Å². The Morgan fingerprint density at radius 1 is 1.14 bits per heavy atom. The molecule has 0 aliphatic carbocycles. The van der Waals surface area contributed by atoms with Gasteiger partial charge in [0.25, 0.3) is 11.7 Å². The molecule has 0 bridgehead atoms. The fraction of sp³-hybridized carbons (Fsp3) is 0.500. The van der Waals surface area contributed by atoms with E-state index >= 15 is 0 Å². The normalized spacial score (nSPS) is 16.1. The molecule has 1 aliphatic heterocycles. The van der Waals surface area contributed by atoms with Gasteiger partial charge in [0.2, 0.25) is 0 Å². The maximum absolute atomic E-state index is 12.8. The summed E-state index contributed by atoms with van der Waals surface area (Å²) in [6.45, 7) is 5.06. The van der Waals surface area contributed by atoms with E-state index in [0.717, 1.165) is 0 Å². The Morgan fingerprint density at radius 2 is 1.86 bits per heavy atom. The summed E-state index contributed by atoms with van der Waals surface area (Å²) in [5, 5.41) is 8.41. The van der Waals surface area contributed by atoms with Gasteiger partial charge in [0, 0.05) is 37.5 Å². The van der Waals surface area contributed by atoms with Crippen LogP contribution in [0.1, 0.15) is 54.7 Å². The second-order valence-electron chi connectivity index (χ2n) is 7.62. The van der Waals surface area contributed by atoms with E-state index in [1.54, 1.807) is 22.0 Å². The number of amides is 1. The molecule has 1 amide bonds. The van der Waals surface area contributed by atoms with Crippen LogP contribution in [0.25, 0.3) is 5.78 Å². The number of sulfone groups is 1. The molecule has 0 aromatic carbocycles. The van der Waals surface area contributed by atoms with Crippen molar-refractivity contribution in [3.63, 3.8) is 0 Å². The molecule has 1 saturated heterocycles. The van der Waals surface area contributed by atoms with Crippen molar-refractivity contribution in [2.75, 3.05) is 19.3 Å². The van der Waals surface area contributed by atoms with Crippen LogP contribution in [-0.4, -0.2) is 67.9 Å². The summed E-state index contributed by atoms with van der Waals surface area (Å²) in [6, 6.07) is 0.188.